The fourth-order valence-electron chi connectivity index (χ4n) is 4.44. The van der Waals surface area contributed by atoms with Crippen LogP contribution < -0.4 is 14.9 Å². The van der Waals surface area contributed by atoms with Gasteiger partial charge in [-0.05, 0) is 23.6 Å². The van der Waals surface area contributed by atoms with Gasteiger partial charge in [-0.1, -0.05) is 43.7 Å². The summed E-state index contributed by atoms with van der Waals surface area (Å²) in [6.45, 7) is 5.14. The number of methoxy groups -OCH3 is 1. The SMILES string of the molecule is CCCCOc1c(OC)cc(C2NN=C3CCN(Cc4ccccc4)CC32)cc1[N+](=O)[O-]. The first-order valence-electron chi connectivity index (χ1n) is 11.2. The molecule has 170 valence electrons. The van der Waals surface area contributed by atoms with E-state index >= 15 is 0 Å². The van der Waals surface area contributed by atoms with Crippen LogP contribution in [0.5, 0.6) is 11.5 Å². The molecule has 1 N–H and O–H groups in total. The number of unbranched alkanes of at least 4 members (excludes halogenated alkanes) is 1. The number of hydrogen-bond acceptors (Lipinski definition) is 7. The first-order valence-corrected chi connectivity index (χ1v) is 11.2. The van der Waals surface area contributed by atoms with E-state index < -0.39 is 4.92 Å². The second-order valence-electron chi connectivity index (χ2n) is 8.32. The van der Waals surface area contributed by atoms with Gasteiger partial charge in [0.15, 0.2) is 5.75 Å². The van der Waals surface area contributed by atoms with Crippen molar-refractivity contribution < 1.29 is 14.4 Å². The van der Waals surface area contributed by atoms with Crippen LogP contribution in [0.2, 0.25) is 0 Å². The molecule has 2 aliphatic rings. The summed E-state index contributed by atoms with van der Waals surface area (Å²) >= 11 is 0. The van der Waals surface area contributed by atoms with Crippen molar-refractivity contribution >= 4 is 11.4 Å². The fourth-order valence-corrected chi connectivity index (χ4v) is 4.44. The van der Waals surface area contributed by atoms with Crippen LogP contribution in [0.25, 0.3) is 0 Å². The van der Waals surface area contributed by atoms with Crippen molar-refractivity contribution in [3.05, 3.63) is 63.7 Å². The van der Waals surface area contributed by atoms with Crippen LogP contribution in [0.1, 0.15) is 43.4 Å². The molecule has 0 saturated carbocycles. The molecule has 2 unspecified atom stereocenters. The molecule has 0 radical (unpaired) electrons. The Hall–Kier alpha value is -3.13. The molecule has 8 heteroatoms. The van der Waals surface area contributed by atoms with E-state index in [1.165, 1.54) is 12.7 Å². The summed E-state index contributed by atoms with van der Waals surface area (Å²) in [5, 5.41) is 16.4. The van der Waals surface area contributed by atoms with Crippen LogP contribution in [-0.4, -0.2) is 42.3 Å². The smallest absolute Gasteiger partial charge is 0.315 e. The van der Waals surface area contributed by atoms with Gasteiger partial charge in [0.1, 0.15) is 0 Å². The van der Waals surface area contributed by atoms with Crippen LogP contribution in [0, 0.1) is 16.0 Å². The lowest BCUT2D eigenvalue weighted by Gasteiger charge is -2.33. The number of ether oxygens (including phenoxy) is 2. The summed E-state index contributed by atoms with van der Waals surface area (Å²) in [6.07, 6.45) is 2.66. The minimum atomic E-state index is -0.396. The number of fused-ring (bicyclic) bond motifs is 1. The molecule has 2 heterocycles. The fraction of sp³-hybridized carbons (Fsp3) is 0.458. The Morgan fingerprint density at radius 2 is 2.09 bits per heavy atom. The molecule has 32 heavy (non-hydrogen) atoms. The Kier molecular flexibility index (Phi) is 6.90. The first kappa shape index (κ1) is 22.1. The van der Waals surface area contributed by atoms with Crippen molar-refractivity contribution in [2.75, 3.05) is 26.8 Å². The Morgan fingerprint density at radius 3 is 2.81 bits per heavy atom. The van der Waals surface area contributed by atoms with E-state index in [-0.39, 0.29) is 23.4 Å². The zero-order valence-electron chi connectivity index (χ0n) is 18.6. The van der Waals surface area contributed by atoms with Crippen molar-refractivity contribution in [1.82, 2.24) is 10.3 Å². The number of likely N-dealkylation sites (tertiary alicyclic amines) is 1. The number of hydrazone groups is 1. The molecule has 1 fully saturated rings. The second kappa shape index (κ2) is 9.99. The highest BCUT2D eigenvalue weighted by Gasteiger charge is 2.38. The molecular weight excluding hydrogens is 408 g/mol. The van der Waals surface area contributed by atoms with E-state index in [0.717, 1.165) is 50.2 Å². The van der Waals surface area contributed by atoms with Gasteiger partial charge in [0.05, 0.1) is 24.7 Å². The van der Waals surface area contributed by atoms with Crippen LogP contribution in [0.3, 0.4) is 0 Å². The van der Waals surface area contributed by atoms with Crippen LogP contribution >= 0.6 is 0 Å². The zero-order valence-corrected chi connectivity index (χ0v) is 18.6. The molecule has 2 aromatic carbocycles. The topological polar surface area (TPSA) is 89.2 Å². The largest absolute Gasteiger partial charge is 0.493 e. The predicted octanol–water partition coefficient (Wildman–Crippen LogP) is 4.30. The highest BCUT2D eigenvalue weighted by Crippen LogP contribution is 2.42. The van der Waals surface area contributed by atoms with Crippen LogP contribution in [-0.2, 0) is 6.54 Å². The third-order valence-corrected chi connectivity index (χ3v) is 6.14. The van der Waals surface area contributed by atoms with Gasteiger partial charge in [-0.25, -0.2) is 0 Å². The van der Waals surface area contributed by atoms with Crippen molar-refractivity contribution in [2.24, 2.45) is 11.0 Å². The molecule has 4 rings (SSSR count). The Bertz CT molecular complexity index is 979. The van der Waals surface area contributed by atoms with Gasteiger partial charge in [-0.3, -0.25) is 15.0 Å². The number of benzene rings is 2. The lowest BCUT2D eigenvalue weighted by Crippen LogP contribution is -2.41. The van der Waals surface area contributed by atoms with E-state index in [4.69, 9.17) is 9.47 Å². The average molecular weight is 439 g/mol. The summed E-state index contributed by atoms with van der Waals surface area (Å²) in [6, 6.07) is 13.7. The zero-order chi connectivity index (χ0) is 22.5. The van der Waals surface area contributed by atoms with E-state index in [2.05, 4.69) is 39.7 Å². The Morgan fingerprint density at radius 1 is 1.28 bits per heavy atom. The number of nitro groups is 1. The van der Waals surface area contributed by atoms with Crippen molar-refractivity contribution in [3.8, 4) is 11.5 Å². The molecular formula is C24H30N4O4. The molecule has 0 amide bonds. The van der Waals surface area contributed by atoms with E-state index in [1.54, 1.807) is 6.07 Å². The summed E-state index contributed by atoms with van der Waals surface area (Å²) in [5.74, 6) is 0.740. The first-order chi connectivity index (χ1) is 15.6. The second-order valence-corrected chi connectivity index (χ2v) is 8.32. The summed E-state index contributed by atoms with van der Waals surface area (Å²) < 4.78 is 11.2. The average Bonchev–Trinajstić information content (AvgIpc) is 3.23. The normalized spacial score (nSPS) is 20.2. The van der Waals surface area contributed by atoms with Crippen LogP contribution in [0.15, 0.2) is 47.6 Å². The van der Waals surface area contributed by atoms with E-state index in [0.29, 0.717) is 12.4 Å². The molecule has 0 bridgehead atoms. The molecule has 8 nitrogen and oxygen atoms in total. The maximum atomic E-state index is 11.8. The molecule has 0 aliphatic carbocycles. The van der Waals surface area contributed by atoms with Crippen molar-refractivity contribution in [3.63, 3.8) is 0 Å². The number of nitrogens with one attached hydrogen (secondary N) is 1. The maximum Gasteiger partial charge on any atom is 0.315 e. The van der Waals surface area contributed by atoms with Gasteiger partial charge in [-0.2, -0.15) is 5.10 Å². The maximum absolute atomic E-state index is 11.8. The summed E-state index contributed by atoms with van der Waals surface area (Å²) in [4.78, 5) is 13.9. The van der Waals surface area contributed by atoms with Gasteiger partial charge in [0, 0.05) is 43.8 Å². The van der Waals surface area contributed by atoms with Gasteiger partial charge in [-0.15, -0.1) is 0 Å². The lowest BCUT2D eigenvalue weighted by molar-refractivity contribution is -0.386. The molecule has 0 spiro atoms. The van der Waals surface area contributed by atoms with Gasteiger partial charge >= 0.3 is 5.69 Å². The minimum absolute atomic E-state index is 0.0670. The minimum Gasteiger partial charge on any atom is -0.493 e. The van der Waals surface area contributed by atoms with Gasteiger partial charge < -0.3 is 14.9 Å². The van der Waals surface area contributed by atoms with Crippen molar-refractivity contribution in [1.29, 1.82) is 0 Å². The lowest BCUT2D eigenvalue weighted by atomic mass is 9.86. The number of rotatable bonds is 9. The molecule has 2 aliphatic heterocycles. The van der Waals surface area contributed by atoms with Crippen LogP contribution in [0.4, 0.5) is 5.69 Å². The standard InChI is InChI=1S/C24H30N4O4/c1-3-4-12-32-24-21(28(29)30)13-18(14-22(24)31-2)23-19-16-27(11-10-20(19)25-26-23)15-17-8-6-5-7-9-17/h5-9,13-14,19,23,26H,3-4,10-12,15-16H2,1-2H3. The third-order valence-electron chi connectivity index (χ3n) is 6.14. The monoisotopic (exact) mass is 438 g/mol. The third kappa shape index (κ3) is 4.70. The summed E-state index contributed by atoms with van der Waals surface area (Å²) in [5.41, 5.74) is 6.37. The molecule has 1 saturated heterocycles. The number of piperidine rings is 1. The summed E-state index contributed by atoms with van der Waals surface area (Å²) in [7, 11) is 1.52. The molecule has 2 atom stereocenters. The Balaban J connectivity index is 1.57. The van der Waals surface area contributed by atoms with E-state index in [9.17, 15) is 10.1 Å². The molecule has 2 aromatic rings. The number of nitro benzene ring substituents is 1. The van der Waals surface area contributed by atoms with Gasteiger partial charge in [0.25, 0.3) is 0 Å². The highest BCUT2D eigenvalue weighted by molar-refractivity contribution is 5.90. The number of nitrogens with zero attached hydrogens (tertiary/aromatic N) is 3. The molecule has 0 aromatic heterocycles. The van der Waals surface area contributed by atoms with Crippen molar-refractivity contribution in [2.45, 2.75) is 38.8 Å². The predicted molar refractivity (Wildman–Crippen MR) is 123 cm³/mol. The van der Waals surface area contributed by atoms with Gasteiger partial charge in [0.2, 0.25) is 5.75 Å². The van der Waals surface area contributed by atoms with E-state index in [1.807, 2.05) is 19.1 Å². The Labute approximate surface area is 188 Å². The quantitative estimate of drug-likeness (QED) is 0.357. The number of hydrogen-bond donors (Lipinski definition) is 1. The highest BCUT2D eigenvalue weighted by atomic mass is 16.6.